The molecule has 0 aliphatic rings. The summed E-state index contributed by atoms with van der Waals surface area (Å²) in [4.78, 5) is 38.5. The molecule has 2 aromatic rings. The van der Waals surface area contributed by atoms with Gasteiger partial charge in [-0.25, -0.2) is 0 Å². The molecule has 2 rings (SSSR count). The molecule has 2 aromatic carbocycles. The van der Waals surface area contributed by atoms with Crippen LogP contribution in [0.15, 0.2) is 54.6 Å². The van der Waals surface area contributed by atoms with Crippen LogP contribution >= 0.6 is 0 Å². The van der Waals surface area contributed by atoms with Crippen molar-refractivity contribution in [3.63, 3.8) is 0 Å². The number of anilines is 1. The lowest BCUT2D eigenvalue weighted by atomic mass is 10.1. The van der Waals surface area contributed by atoms with E-state index in [4.69, 9.17) is 4.74 Å². The summed E-state index contributed by atoms with van der Waals surface area (Å²) in [6.07, 6.45) is 0.697. The number of para-hydroxylation sites is 2. The molecular formula is C21H25N3O4. The summed E-state index contributed by atoms with van der Waals surface area (Å²) in [7, 11) is 1.49. The van der Waals surface area contributed by atoms with E-state index in [1.165, 1.54) is 12.0 Å². The highest BCUT2D eigenvalue weighted by atomic mass is 16.5. The fourth-order valence-corrected chi connectivity index (χ4v) is 2.65. The monoisotopic (exact) mass is 383 g/mol. The first-order chi connectivity index (χ1) is 13.5. The average molecular weight is 383 g/mol. The van der Waals surface area contributed by atoms with Crippen LogP contribution < -0.4 is 15.4 Å². The molecule has 2 N–H and O–H groups in total. The van der Waals surface area contributed by atoms with Crippen molar-refractivity contribution in [1.29, 1.82) is 0 Å². The fraction of sp³-hybridized carbons (Fsp3) is 0.286. The standard InChI is InChI=1S/C21H25N3O4/c1-3-13-24(21(27)17-11-7-8-12-18(17)28-2)15-20(26)22-14-19(25)23-16-9-5-4-6-10-16/h4-12H,3,13-15H2,1-2H3,(H,22,26)(H,23,25). The smallest absolute Gasteiger partial charge is 0.258 e. The molecule has 0 aliphatic heterocycles. The van der Waals surface area contributed by atoms with E-state index in [1.54, 1.807) is 48.5 Å². The summed E-state index contributed by atoms with van der Waals surface area (Å²) >= 11 is 0. The van der Waals surface area contributed by atoms with Crippen LogP contribution in [0.25, 0.3) is 0 Å². The molecule has 0 heterocycles. The third kappa shape index (κ3) is 6.12. The van der Waals surface area contributed by atoms with Crippen LogP contribution in [0.4, 0.5) is 5.69 Å². The minimum absolute atomic E-state index is 0.136. The summed E-state index contributed by atoms with van der Waals surface area (Å²) in [5.74, 6) is -0.572. The Labute approximate surface area is 164 Å². The number of amides is 3. The van der Waals surface area contributed by atoms with Crippen LogP contribution in [-0.4, -0.2) is 49.4 Å². The third-order valence-electron chi connectivity index (χ3n) is 3.96. The Morgan fingerprint density at radius 2 is 1.64 bits per heavy atom. The van der Waals surface area contributed by atoms with Gasteiger partial charge < -0.3 is 20.3 Å². The van der Waals surface area contributed by atoms with E-state index in [0.29, 0.717) is 30.0 Å². The number of carbonyl (C=O) groups is 3. The number of hydrogen-bond acceptors (Lipinski definition) is 4. The SMILES string of the molecule is CCCN(CC(=O)NCC(=O)Nc1ccccc1)C(=O)c1ccccc1OC. The van der Waals surface area contributed by atoms with Crippen LogP contribution in [0, 0.1) is 0 Å². The Morgan fingerprint density at radius 1 is 0.964 bits per heavy atom. The van der Waals surface area contributed by atoms with Gasteiger partial charge in [-0.05, 0) is 30.7 Å². The van der Waals surface area contributed by atoms with Crippen molar-refractivity contribution in [2.45, 2.75) is 13.3 Å². The largest absolute Gasteiger partial charge is 0.496 e. The molecule has 0 aliphatic carbocycles. The van der Waals surface area contributed by atoms with Gasteiger partial charge in [0.2, 0.25) is 11.8 Å². The van der Waals surface area contributed by atoms with Crippen LogP contribution in [0.1, 0.15) is 23.7 Å². The maximum atomic E-state index is 12.8. The predicted octanol–water partition coefficient (Wildman–Crippen LogP) is 2.30. The number of nitrogens with one attached hydrogen (secondary N) is 2. The molecule has 0 aromatic heterocycles. The van der Waals surface area contributed by atoms with E-state index in [0.717, 1.165) is 0 Å². The molecule has 0 unspecified atom stereocenters. The van der Waals surface area contributed by atoms with Gasteiger partial charge in [0.15, 0.2) is 0 Å². The van der Waals surface area contributed by atoms with Crippen LogP contribution in [0.3, 0.4) is 0 Å². The van der Waals surface area contributed by atoms with Crippen molar-refractivity contribution < 1.29 is 19.1 Å². The van der Waals surface area contributed by atoms with Gasteiger partial charge in [-0.15, -0.1) is 0 Å². The first-order valence-electron chi connectivity index (χ1n) is 9.09. The number of nitrogens with zero attached hydrogens (tertiary/aromatic N) is 1. The molecule has 3 amide bonds. The molecule has 0 saturated carbocycles. The lowest BCUT2D eigenvalue weighted by Gasteiger charge is -2.22. The first kappa shape index (κ1) is 21.0. The lowest BCUT2D eigenvalue weighted by molar-refractivity contribution is -0.124. The summed E-state index contributed by atoms with van der Waals surface area (Å²) in [5.41, 5.74) is 1.05. The summed E-state index contributed by atoms with van der Waals surface area (Å²) < 4.78 is 5.23. The second kappa shape index (κ2) is 10.7. The summed E-state index contributed by atoms with van der Waals surface area (Å²) in [6, 6.07) is 15.9. The number of benzene rings is 2. The Bertz CT molecular complexity index is 808. The fourth-order valence-electron chi connectivity index (χ4n) is 2.65. The van der Waals surface area contributed by atoms with Crippen molar-refractivity contribution in [3.8, 4) is 5.75 Å². The minimum atomic E-state index is -0.403. The number of rotatable bonds is 9. The number of hydrogen-bond donors (Lipinski definition) is 2. The van der Waals surface area contributed by atoms with Crippen molar-refractivity contribution in [2.75, 3.05) is 32.1 Å². The van der Waals surface area contributed by atoms with Crippen molar-refractivity contribution >= 4 is 23.4 Å². The summed E-state index contributed by atoms with van der Waals surface area (Å²) in [5, 5.41) is 5.24. The van der Waals surface area contributed by atoms with Gasteiger partial charge in [0.05, 0.1) is 25.8 Å². The normalized spacial score (nSPS) is 10.1. The second-order valence-electron chi connectivity index (χ2n) is 6.12. The molecule has 0 atom stereocenters. The van der Waals surface area contributed by atoms with Gasteiger partial charge in [0.25, 0.3) is 5.91 Å². The van der Waals surface area contributed by atoms with Crippen LogP contribution in [0.5, 0.6) is 5.75 Å². The lowest BCUT2D eigenvalue weighted by Crippen LogP contribution is -2.43. The molecule has 28 heavy (non-hydrogen) atoms. The third-order valence-corrected chi connectivity index (χ3v) is 3.96. The summed E-state index contributed by atoms with van der Waals surface area (Å²) in [6.45, 7) is 2.04. The maximum absolute atomic E-state index is 12.8. The topological polar surface area (TPSA) is 87.7 Å². The van der Waals surface area contributed by atoms with Crippen LogP contribution in [-0.2, 0) is 9.59 Å². The average Bonchev–Trinajstić information content (AvgIpc) is 2.72. The Hall–Kier alpha value is -3.35. The maximum Gasteiger partial charge on any atom is 0.258 e. The van der Waals surface area contributed by atoms with E-state index in [1.807, 2.05) is 13.0 Å². The molecule has 0 saturated heterocycles. The molecule has 0 fully saturated rings. The van der Waals surface area contributed by atoms with E-state index in [-0.39, 0.29) is 24.9 Å². The van der Waals surface area contributed by atoms with Gasteiger partial charge in [-0.3, -0.25) is 14.4 Å². The zero-order valence-corrected chi connectivity index (χ0v) is 16.1. The van der Waals surface area contributed by atoms with Gasteiger partial charge in [0.1, 0.15) is 5.75 Å². The molecule has 0 spiro atoms. The zero-order valence-electron chi connectivity index (χ0n) is 16.1. The van der Waals surface area contributed by atoms with Gasteiger partial charge in [-0.1, -0.05) is 37.3 Å². The molecule has 0 bridgehead atoms. The number of ether oxygens (including phenoxy) is 1. The van der Waals surface area contributed by atoms with Crippen LogP contribution in [0.2, 0.25) is 0 Å². The van der Waals surface area contributed by atoms with E-state index < -0.39 is 5.91 Å². The van der Waals surface area contributed by atoms with E-state index in [9.17, 15) is 14.4 Å². The Kier molecular flexibility index (Phi) is 8.02. The minimum Gasteiger partial charge on any atom is -0.496 e. The number of methoxy groups -OCH3 is 1. The van der Waals surface area contributed by atoms with E-state index >= 15 is 0 Å². The molecule has 7 heteroatoms. The highest BCUT2D eigenvalue weighted by Crippen LogP contribution is 2.19. The van der Waals surface area contributed by atoms with E-state index in [2.05, 4.69) is 10.6 Å². The molecular weight excluding hydrogens is 358 g/mol. The van der Waals surface area contributed by atoms with Gasteiger partial charge in [-0.2, -0.15) is 0 Å². The predicted molar refractivity (Wildman–Crippen MR) is 107 cm³/mol. The Morgan fingerprint density at radius 3 is 2.32 bits per heavy atom. The highest BCUT2D eigenvalue weighted by molar-refractivity contribution is 5.99. The molecule has 148 valence electrons. The van der Waals surface area contributed by atoms with Gasteiger partial charge in [0, 0.05) is 12.2 Å². The molecule has 0 radical (unpaired) electrons. The Balaban J connectivity index is 1.93. The van der Waals surface area contributed by atoms with Crippen molar-refractivity contribution in [2.24, 2.45) is 0 Å². The van der Waals surface area contributed by atoms with Crippen molar-refractivity contribution in [3.05, 3.63) is 60.2 Å². The quantitative estimate of drug-likeness (QED) is 0.696. The highest BCUT2D eigenvalue weighted by Gasteiger charge is 2.21. The van der Waals surface area contributed by atoms with Gasteiger partial charge >= 0.3 is 0 Å². The number of carbonyl (C=O) groups excluding carboxylic acids is 3. The molecule has 7 nitrogen and oxygen atoms in total. The first-order valence-corrected chi connectivity index (χ1v) is 9.09. The zero-order chi connectivity index (χ0) is 20.4. The second-order valence-corrected chi connectivity index (χ2v) is 6.12. The van der Waals surface area contributed by atoms with Crippen molar-refractivity contribution in [1.82, 2.24) is 10.2 Å².